The van der Waals surface area contributed by atoms with E-state index < -0.39 is 35.6 Å². The Morgan fingerprint density at radius 1 is 1.10 bits per heavy atom. The average Bonchev–Trinajstić information content (AvgIpc) is 3.23. The van der Waals surface area contributed by atoms with E-state index in [-0.39, 0.29) is 41.0 Å². The highest BCUT2D eigenvalue weighted by molar-refractivity contribution is 6.05. The van der Waals surface area contributed by atoms with E-state index in [0.717, 1.165) is 18.6 Å². The Morgan fingerprint density at radius 2 is 1.80 bits per heavy atom. The van der Waals surface area contributed by atoms with Crippen molar-refractivity contribution in [1.82, 2.24) is 21.3 Å². The van der Waals surface area contributed by atoms with Gasteiger partial charge in [-0.3, -0.25) is 24.5 Å². The Balaban J connectivity index is 1.24. The Bertz CT molecular complexity index is 974. The van der Waals surface area contributed by atoms with Gasteiger partial charge in [0, 0.05) is 23.2 Å². The Labute approximate surface area is 170 Å². The number of nitrogens with two attached hydrogens (primary N) is 1. The van der Waals surface area contributed by atoms with Gasteiger partial charge >= 0.3 is 6.03 Å². The average molecular weight is 417 g/mol. The van der Waals surface area contributed by atoms with Gasteiger partial charge in [-0.1, -0.05) is 0 Å². The smallest absolute Gasteiger partial charge is 0.322 e. The zero-order valence-corrected chi connectivity index (χ0v) is 15.8. The molecule has 1 saturated heterocycles. The molecule has 2 aliphatic carbocycles. The van der Waals surface area contributed by atoms with Gasteiger partial charge in [-0.15, -0.1) is 0 Å². The molecule has 1 aromatic carbocycles. The van der Waals surface area contributed by atoms with E-state index in [2.05, 4.69) is 21.3 Å². The molecule has 6 N–H and O–H groups in total. The molecule has 1 aromatic rings. The second-order valence-electron chi connectivity index (χ2n) is 8.08. The molecule has 158 valence electrons. The van der Waals surface area contributed by atoms with Crippen molar-refractivity contribution >= 4 is 29.7 Å². The number of imide groups is 1. The van der Waals surface area contributed by atoms with Crippen molar-refractivity contribution in [2.24, 2.45) is 11.1 Å². The Hall–Kier alpha value is -3.50. The maximum absolute atomic E-state index is 13.6. The quantitative estimate of drug-likeness (QED) is 0.386. The van der Waals surface area contributed by atoms with Crippen LogP contribution in [-0.4, -0.2) is 47.8 Å². The lowest BCUT2D eigenvalue weighted by Crippen LogP contribution is -2.48. The van der Waals surface area contributed by atoms with E-state index in [9.17, 15) is 28.4 Å². The van der Waals surface area contributed by atoms with Gasteiger partial charge in [0.15, 0.2) is 0 Å². The molecule has 0 aromatic heterocycles. The van der Waals surface area contributed by atoms with E-state index in [1.807, 2.05) is 0 Å². The van der Waals surface area contributed by atoms with Gasteiger partial charge in [-0.05, 0) is 42.9 Å². The molecule has 4 rings (SSSR count). The van der Waals surface area contributed by atoms with Gasteiger partial charge in [-0.25, -0.2) is 9.18 Å². The summed E-state index contributed by atoms with van der Waals surface area (Å²) < 4.78 is 13.6. The van der Waals surface area contributed by atoms with E-state index >= 15 is 0 Å². The zero-order valence-electron chi connectivity index (χ0n) is 15.8. The molecule has 1 aliphatic heterocycles. The van der Waals surface area contributed by atoms with E-state index in [4.69, 9.17) is 5.73 Å². The second kappa shape index (κ2) is 7.08. The number of rotatable bonds is 6. The maximum Gasteiger partial charge on any atom is 0.322 e. The normalized spacial score (nSPS) is 28.9. The number of nitrogens with one attached hydrogen (secondary N) is 4. The van der Waals surface area contributed by atoms with Gasteiger partial charge in [0.2, 0.25) is 11.8 Å². The van der Waals surface area contributed by atoms with Crippen molar-refractivity contribution in [1.29, 1.82) is 0 Å². The first-order chi connectivity index (χ1) is 14.1. The van der Waals surface area contributed by atoms with Crippen molar-refractivity contribution < 1.29 is 28.4 Å². The number of carbonyl (C=O) groups excluding carboxylic acids is 5. The zero-order chi connectivity index (χ0) is 21.6. The largest absolute Gasteiger partial charge is 0.366 e. The van der Waals surface area contributed by atoms with Crippen LogP contribution in [0.25, 0.3) is 0 Å². The highest BCUT2D eigenvalue weighted by atomic mass is 19.1. The summed E-state index contributed by atoms with van der Waals surface area (Å²) in [4.78, 5) is 58.3. The summed E-state index contributed by atoms with van der Waals surface area (Å²) in [6, 6.07) is 1.60. The minimum Gasteiger partial charge on any atom is -0.366 e. The minimum atomic E-state index is -0.864. The van der Waals surface area contributed by atoms with Crippen molar-refractivity contribution in [2.75, 3.05) is 0 Å². The standard InChI is InChI=1S/C19H20FN5O5/c20-10-2-8(15(21)27)1-9(3-10)16(28)22-11-5-19(6-11)7-13(19)24-14(26)4-12-17(29)25-18(30)23-12/h1-3,11-13H,4-7H2,(H2,21,27)(H,22,28)(H,24,26)(H2,23,25,29,30). The maximum atomic E-state index is 13.6. The molecule has 1 heterocycles. The number of hydrogen-bond donors (Lipinski definition) is 5. The molecule has 1 spiro atoms. The molecule has 2 unspecified atom stereocenters. The van der Waals surface area contributed by atoms with Gasteiger partial charge in [-0.2, -0.15) is 0 Å². The molecule has 6 amide bonds. The lowest BCUT2D eigenvalue weighted by molar-refractivity contribution is -0.126. The number of hydrogen-bond acceptors (Lipinski definition) is 5. The number of amides is 6. The van der Waals surface area contributed by atoms with Crippen molar-refractivity contribution in [3.05, 3.63) is 35.1 Å². The van der Waals surface area contributed by atoms with Crippen LogP contribution < -0.4 is 27.0 Å². The molecule has 30 heavy (non-hydrogen) atoms. The van der Waals surface area contributed by atoms with Crippen LogP contribution in [0, 0.1) is 11.2 Å². The minimum absolute atomic E-state index is 0.0160. The number of primary amides is 1. The van der Waals surface area contributed by atoms with Crippen LogP contribution in [0.2, 0.25) is 0 Å². The molecule has 0 bridgehead atoms. The SMILES string of the molecule is NC(=O)c1cc(F)cc(C(=O)NC2CC3(C2)CC3NC(=O)CC2NC(=O)NC2=O)c1. The van der Waals surface area contributed by atoms with Crippen molar-refractivity contribution in [3.8, 4) is 0 Å². The lowest BCUT2D eigenvalue weighted by Gasteiger charge is -2.37. The number of urea groups is 1. The summed E-state index contributed by atoms with van der Waals surface area (Å²) in [5.74, 6) is -2.90. The Kier molecular flexibility index (Phi) is 4.67. The number of benzene rings is 1. The fourth-order valence-electron chi connectivity index (χ4n) is 4.20. The first-order valence-electron chi connectivity index (χ1n) is 9.47. The molecule has 2 saturated carbocycles. The van der Waals surface area contributed by atoms with Gasteiger partial charge in [0.1, 0.15) is 11.9 Å². The molecule has 10 nitrogen and oxygen atoms in total. The van der Waals surface area contributed by atoms with Gasteiger partial charge < -0.3 is 21.7 Å². The summed E-state index contributed by atoms with van der Waals surface area (Å²) in [6.07, 6.45) is 1.94. The van der Waals surface area contributed by atoms with Crippen LogP contribution in [0.4, 0.5) is 9.18 Å². The van der Waals surface area contributed by atoms with Crippen molar-refractivity contribution in [2.45, 2.75) is 43.8 Å². The molecule has 2 atom stereocenters. The highest BCUT2D eigenvalue weighted by Gasteiger charge is 2.62. The van der Waals surface area contributed by atoms with Crippen LogP contribution in [0.1, 0.15) is 46.4 Å². The molecule has 3 fully saturated rings. The lowest BCUT2D eigenvalue weighted by atomic mass is 9.76. The number of carbonyl (C=O) groups is 5. The topological polar surface area (TPSA) is 159 Å². The second-order valence-corrected chi connectivity index (χ2v) is 8.08. The fourth-order valence-corrected chi connectivity index (χ4v) is 4.20. The molecule has 0 radical (unpaired) electrons. The molecular formula is C19H20FN5O5. The first kappa shape index (κ1) is 19.8. The van der Waals surface area contributed by atoms with Crippen molar-refractivity contribution in [3.63, 3.8) is 0 Å². The monoisotopic (exact) mass is 417 g/mol. The Morgan fingerprint density at radius 3 is 2.43 bits per heavy atom. The summed E-state index contributed by atoms with van der Waals surface area (Å²) in [6.45, 7) is 0. The third-order valence-corrected chi connectivity index (χ3v) is 5.86. The van der Waals surface area contributed by atoms with Crippen LogP contribution in [0.5, 0.6) is 0 Å². The van der Waals surface area contributed by atoms with Gasteiger partial charge in [0.05, 0.1) is 6.42 Å². The molecule has 11 heteroatoms. The molecule has 3 aliphatic rings. The van der Waals surface area contributed by atoms with E-state index in [1.165, 1.54) is 6.07 Å². The summed E-state index contributed by atoms with van der Waals surface area (Å²) >= 11 is 0. The fraction of sp³-hybridized carbons (Fsp3) is 0.421. The predicted molar refractivity (Wildman–Crippen MR) is 99.5 cm³/mol. The number of halogens is 1. The highest BCUT2D eigenvalue weighted by Crippen LogP contribution is 2.60. The van der Waals surface area contributed by atoms with Gasteiger partial charge in [0.25, 0.3) is 11.8 Å². The third kappa shape index (κ3) is 3.82. The van der Waals surface area contributed by atoms with E-state index in [0.29, 0.717) is 12.8 Å². The van der Waals surface area contributed by atoms with Crippen LogP contribution in [-0.2, 0) is 9.59 Å². The predicted octanol–water partition coefficient (Wildman–Crippen LogP) is -0.710. The van der Waals surface area contributed by atoms with E-state index in [1.54, 1.807) is 0 Å². The summed E-state index contributed by atoms with van der Waals surface area (Å²) in [5.41, 5.74) is 4.99. The molecular weight excluding hydrogens is 397 g/mol. The first-order valence-corrected chi connectivity index (χ1v) is 9.47. The summed E-state index contributed by atoms with van der Waals surface area (Å²) in [7, 11) is 0. The third-order valence-electron chi connectivity index (χ3n) is 5.86. The van der Waals surface area contributed by atoms with Crippen LogP contribution in [0.3, 0.4) is 0 Å². The van der Waals surface area contributed by atoms with Crippen LogP contribution >= 0.6 is 0 Å². The van der Waals surface area contributed by atoms with Crippen LogP contribution in [0.15, 0.2) is 18.2 Å². The summed E-state index contributed by atoms with van der Waals surface area (Å²) in [5, 5.41) is 10.1.